The van der Waals surface area contributed by atoms with Gasteiger partial charge in [-0.15, -0.1) is 13.2 Å². The molecule has 1 rings (SSSR count). The van der Waals surface area contributed by atoms with Gasteiger partial charge in [0.05, 0.1) is 0 Å². The average molecular weight is 269 g/mol. The lowest BCUT2D eigenvalue weighted by atomic mass is 10.1. The van der Waals surface area contributed by atoms with Crippen LogP contribution in [0.2, 0.25) is 0 Å². The fourth-order valence-electron chi connectivity index (χ4n) is 1.09. The van der Waals surface area contributed by atoms with Crippen molar-refractivity contribution in [2.24, 2.45) is 0 Å². The number of aryl methyl sites for hydroxylation is 1. The van der Waals surface area contributed by atoms with Gasteiger partial charge in [-0.1, -0.05) is 22.0 Å². The lowest BCUT2D eigenvalue weighted by Gasteiger charge is -2.10. The highest BCUT2D eigenvalue weighted by atomic mass is 79.9. The van der Waals surface area contributed by atoms with Gasteiger partial charge in [0.1, 0.15) is 5.75 Å². The van der Waals surface area contributed by atoms with E-state index < -0.39 is 6.36 Å². The van der Waals surface area contributed by atoms with E-state index >= 15 is 0 Å². The van der Waals surface area contributed by atoms with Crippen LogP contribution in [-0.2, 0) is 5.33 Å². The van der Waals surface area contributed by atoms with Gasteiger partial charge < -0.3 is 4.74 Å². The lowest BCUT2D eigenvalue weighted by Crippen LogP contribution is -2.17. The third-order valence-corrected chi connectivity index (χ3v) is 2.15. The molecule has 0 aromatic heterocycles. The van der Waals surface area contributed by atoms with Crippen LogP contribution in [0, 0.1) is 6.92 Å². The van der Waals surface area contributed by atoms with Crippen LogP contribution in [0.15, 0.2) is 18.2 Å². The Balaban J connectivity index is 2.92. The van der Waals surface area contributed by atoms with E-state index in [0.717, 1.165) is 11.1 Å². The van der Waals surface area contributed by atoms with E-state index in [4.69, 9.17) is 0 Å². The van der Waals surface area contributed by atoms with Crippen LogP contribution in [0.5, 0.6) is 5.75 Å². The molecule has 0 N–H and O–H groups in total. The predicted molar refractivity (Wildman–Crippen MR) is 50.5 cm³/mol. The highest BCUT2D eigenvalue weighted by Crippen LogP contribution is 2.25. The second-order valence-corrected chi connectivity index (χ2v) is 3.40. The van der Waals surface area contributed by atoms with Gasteiger partial charge in [0, 0.05) is 5.33 Å². The Morgan fingerprint density at radius 3 is 2.43 bits per heavy atom. The summed E-state index contributed by atoms with van der Waals surface area (Å²) in [6.45, 7) is 1.72. The standard InChI is InChI=1S/C9H8BrF3O/c1-6-2-7(5-10)4-8(3-6)14-9(11,12)13/h2-4H,5H2,1H3. The molecule has 0 saturated carbocycles. The van der Waals surface area contributed by atoms with Crippen LogP contribution < -0.4 is 4.74 Å². The SMILES string of the molecule is Cc1cc(CBr)cc(OC(F)(F)F)c1. The van der Waals surface area contributed by atoms with Gasteiger partial charge in [0.15, 0.2) is 0 Å². The Hall–Kier alpha value is -0.710. The van der Waals surface area contributed by atoms with Crippen LogP contribution in [0.1, 0.15) is 11.1 Å². The van der Waals surface area contributed by atoms with Crippen molar-refractivity contribution in [3.63, 3.8) is 0 Å². The van der Waals surface area contributed by atoms with E-state index in [-0.39, 0.29) is 5.75 Å². The molecule has 0 saturated heterocycles. The second-order valence-electron chi connectivity index (χ2n) is 2.84. The van der Waals surface area contributed by atoms with Gasteiger partial charge in [0.2, 0.25) is 0 Å². The van der Waals surface area contributed by atoms with E-state index in [1.54, 1.807) is 13.0 Å². The van der Waals surface area contributed by atoms with Gasteiger partial charge in [-0.05, 0) is 30.2 Å². The summed E-state index contributed by atoms with van der Waals surface area (Å²) in [4.78, 5) is 0. The first-order valence-electron chi connectivity index (χ1n) is 3.83. The molecule has 0 heterocycles. The van der Waals surface area contributed by atoms with E-state index in [1.165, 1.54) is 12.1 Å². The molecular formula is C9H8BrF3O. The van der Waals surface area contributed by atoms with Crippen molar-refractivity contribution in [3.8, 4) is 5.75 Å². The predicted octanol–water partition coefficient (Wildman–Crippen LogP) is 3.79. The Bertz CT molecular complexity index is 322. The van der Waals surface area contributed by atoms with Crippen molar-refractivity contribution in [1.29, 1.82) is 0 Å². The molecule has 5 heteroatoms. The Morgan fingerprint density at radius 2 is 1.93 bits per heavy atom. The van der Waals surface area contributed by atoms with E-state index in [9.17, 15) is 13.2 Å². The molecule has 0 fully saturated rings. The van der Waals surface area contributed by atoms with Gasteiger partial charge in [-0.2, -0.15) is 0 Å². The lowest BCUT2D eigenvalue weighted by molar-refractivity contribution is -0.274. The van der Waals surface area contributed by atoms with E-state index in [2.05, 4.69) is 20.7 Å². The number of rotatable bonds is 2. The first-order chi connectivity index (χ1) is 6.40. The molecule has 1 aromatic carbocycles. The third kappa shape index (κ3) is 3.57. The maximum atomic E-state index is 11.9. The van der Waals surface area contributed by atoms with Crippen LogP contribution in [0.3, 0.4) is 0 Å². The Labute approximate surface area is 88.0 Å². The minimum atomic E-state index is -4.63. The molecule has 78 valence electrons. The quantitative estimate of drug-likeness (QED) is 0.742. The van der Waals surface area contributed by atoms with Crippen LogP contribution in [-0.4, -0.2) is 6.36 Å². The van der Waals surface area contributed by atoms with Crippen molar-refractivity contribution in [1.82, 2.24) is 0 Å². The number of hydrogen-bond acceptors (Lipinski definition) is 1. The molecule has 0 radical (unpaired) electrons. The van der Waals surface area contributed by atoms with Gasteiger partial charge in [-0.25, -0.2) is 0 Å². The Kier molecular flexibility index (Phi) is 3.42. The minimum Gasteiger partial charge on any atom is -0.406 e. The molecule has 0 aliphatic carbocycles. The van der Waals surface area contributed by atoms with Crippen LogP contribution >= 0.6 is 15.9 Å². The number of alkyl halides is 4. The number of ether oxygens (including phenoxy) is 1. The summed E-state index contributed by atoms with van der Waals surface area (Å²) in [6, 6.07) is 4.49. The first kappa shape index (κ1) is 11.4. The molecule has 1 aromatic rings. The zero-order valence-electron chi connectivity index (χ0n) is 7.36. The molecule has 0 aliphatic rings. The summed E-state index contributed by atoms with van der Waals surface area (Å²) in [7, 11) is 0. The summed E-state index contributed by atoms with van der Waals surface area (Å²) < 4.78 is 39.4. The van der Waals surface area contributed by atoms with Crippen molar-refractivity contribution in [2.45, 2.75) is 18.6 Å². The molecule has 0 atom stereocenters. The zero-order valence-corrected chi connectivity index (χ0v) is 8.95. The van der Waals surface area contributed by atoms with Crippen molar-refractivity contribution in [2.75, 3.05) is 0 Å². The van der Waals surface area contributed by atoms with Crippen molar-refractivity contribution >= 4 is 15.9 Å². The summed E-state index contributed by atoms with van der Waals surface area (Å²) >= 11 is 3.17. The smallest absolute Gasteiger partial charge is 0.406 e. The number of benzene rings is 1. The van der Waals surface area contributed by atoms with Crippen LogP contribution in [0.4, 0.5) is 13.2 Å². The third-order valence-electron chi connectivity index (χ3n) is 1.50. The monoisotopic (exact) mass is 268 g/mol. The molecule has 0 unspecified atom stereocenters. The highest BCUT2D eigenvalue weighted by molar-refractivity contribution is 9.08. The minimum absolute atomic E-state index is 0.174. The van der Waals surface area contributed by atoms with Gasteiger partial charge in [-0.3, -0.25) is 0 Å². The summed E-state index contributed by atoms with van der Waals surface area (Å²) in [6.07, 6.45) is -4.63. The zero-order chi connectivity index (χ0) is 10.8. The average Bonchev–Trinajstić information content (AvgIpc) is 1.99. The van der Waals surface area contributed by atoms with Crippen LogP contribution in [0.25, 0.3) is 0 Å². The number of halogens is 4. The number of hydrogen-bond donors (Lipinski definition) is 0. The van der Waals surface area contributed by atoms with Crippen molar-refractivity contribution in [3.05, 3.63) is 29.3 Å². The molecule has 0 amide bonds. The maximum Gasteiger partial charge on any atom is 0.573 e. The summed E-state index contributed by atoms with van der Waals surface area (Å²) in [5, 5.41) is 0.503. The molecule has 0 bridgehead atoms. The fourth-order valence-corrected chi connectivity index (χ4v) is 1.42. The Morgan fingerprint density at radius 1 is 1.29 bits per heavy atom. The molecule has 0 spiro atoms. The van der Waals surface area contributed by atoms with Gasteiger partial charge in [0.25, 0.3) is 0 Å². The fraction of sp³-hybridized carbons (Fsp3) is 0.333. The molecule has 14 heavy (non-hydrogen) atoms. The van der Waals surface area contributed by atoms with E-state index in [0.29, 0.717) is 5.33 Å². The first-order valence-corrected chi connectivity index (χ1v) is 4.95. The maximum absolute atomic E-state index is 11.9. The van der Waals surface area contributed by atoms with E-state index in [1.807, 2.05) is 0 Å². The normalized spacial score (nSPS) is 11.5. The summed E-state index contributed by atoms with van der Waals surface area (Å²) in [5.41, 5.74) is 1.49. The molecule has 0 aliphatic heterocycles. The second kappa shape index (κ2) is 4.21. The largest absolute Gasteiger partial charge is 0.573 e. The molecule has 1 nitrogen and oxygen atoms in total. The topological polar surface area (TPSA) is 9.23 Å². The van der Waals surface area contributed by atoms with Gasteiger partial charge >= 0.3 is 6.36 Å². The summed E-state index contributed by atoms with van der Waals surface area (Å²) in [5.74, 6) is -0.174. The molecular weight excluding hydrogens is 261 g/mol. The van der Waals surface area contributed by atoms with Crippen molar-refractivity contribution < 1.29 is 17.9 Å². The highest BCUT2D eigenvalue weighted by Gasteiger charge is 2.31.